The van der Waals surface area contributed by atoms with Gasteiger partial charge in [0.2, 0.25) is 0 Å². The summed E-state index contributed by atoms with van der Waals surface area (Å²) in [6, 6.07) is 4.43. The summed E-state index contributed by atoms with van der Waals surface area (Å²) in [5.74, 6) is 1.07. The first-order valence-corrected chi connectivity index (χ1v) is 6.99. The van der Waals surface area contributed by atoms with Crippen molar-refractivity contribution in [2.24, 2.45) is 11.3 Å². The Morgan fingerprint density at radius 3 is 2.75 bits per heavy atom. The summed E-state index contributed by atoms with van der Waals surface area (Å²) in [4.78, 5) is 0. The standard InChI is InChI=1S/C14H16FN5/c15-11-5-9(6-12(16)7-11)13-17-18-19-20(13)8-14(3-4-14)10-1-2-10/h5-7,10H,1-4,8,16H2. The highest BCUT2D eigenvalue weighted by Crippen LogP contribution is 2.62. The van der Waals surface area contributed by atoms with Gasteiger partial charge in [0.25, 0.3) is 0 Å². The van der Waals surface area contributed by atoms with Crippen LogP contribution in [0.3, 0.4) is 0 Å². The average molecular weight is 273 g/mol. The molecule has 2 aliphatic rings. The SMILES string of the molecule is Nc1cc(F)cc(-c2nnnn2CC2(C3CC3)CC2)c1. The lowest BCUT2D eigenvalue weighted by Gasteiger charge is -2.14. The lowest BCUT2D eigenvalue weighted by molar-refractivity contribution is 0.348. The normalized spacial score (nSPS) is 20.1. The van der Waals surface area contributed by atoms with Gasteiger partial charge in [-0.1, -0.05) is 0 Å². The predicted molar refractivity (Wildman–Crippen MR) is 72.0 cm³/mol. The van der Waals surface area contributed by atoms with Gasteiger partial charge in [-0.15, -0.1) is 5.10 Å². The van der Waals surface area contributed by atoms with Crippen LogP contribution < -0.4 is 5.73 Å². The number of benzene rings is 1. The maximum Gasteiger partial charge on any atom is 0.182 e. The number of aromatic nitrogens is 4. The summed E-state index contributed by atoms with van der Waals surface area (Å²) < 4.78 is 15.3. The Morgan fingerprint density at radius 2 is 2.10 bits per heavy atom. The Labute approximate surface area is 116 Å². The fourth-order valence-electron chi connectivity index (χ4n) is 3.11. The van der Waals surface area contributed by atoms with Crippen LogP contribution in [0.25, 0.3) is 11.4 Å². The van der Waals surface area contributed by atoms with E-state index < -0.39 is 0 Å². The summed E-state index contributed by atoms with van der Waals surface area (Å²) in [7, 11) is 0. The van der Waals surface area contributed by atoms with Crippen molar-refractivity contribution in [1.82, 2.24) is 20.2 Å². The van der Waals surface area contributed by atoms with E-state index in [0.29, 0.717) is 22.5 Å². The van der Waals surface area contributed by atoms with Crippen LogP contribution in [0.15, 0.2) is 18.2 Å². The zero-order chi connectivity index (χ0) is 13.7. The molecule has 0 bridgehead atoms. The molecule has 0 radical (unpaired) electrons. The number of anilines is 1. The van der Waals surface area contributed by atoms with E-state index >= 15 is 0 Å². The summed E-state index contributed by atoms with van der Waals surface area (Å²) in [6.07, 6.45) is 5.15. The van der Waals surface area contributed by atoms with E-state index in [1.54, 1.807) is 10.7 Å². The van der Waals surface area contributed by atoms with Crippen molar-refractivity contribution in [2.45, 2.75) is 32.2 Å². The van der Waals surface area contributed by atoms with E-state index in [4.69, 9.17) is 5.73 Å². The van der Waals surface area contributed by atoms with Crippen molar-refractivity contribution < 1.29 is 4.39 Å². The van der Waals surface area contributed by atoms with E-state index in [9.17, 15) is 4.39 Å². The zero-order valence-corrected chi connectivity index (χ0v) is 11.1. The van der Waals surface area contributed by atoms with Crippen LogP contribution in [-0.4, -0.2) is 20.2 Å². The Bertz CT molecular complexity index is 637. The molecule has 20 heavy (non-hydrogen) atoms. The number of halogens is 1. The second kappa shape index (κ2) is 4.01. The molecule has 1 aromatic carbocycles. The second-order valence-electron chi connectivity index (χ2n) is 6.07. The molecule has 2 fully saturated rings. The van der Waals surface area contributed by atoms with Gasteiger partial charge in [-0.25, -0.2) is 9.07 Å². The smallest absolute Gasteiger partial charge is 0.182 e. The van der Waals surface area contributed by atoms with Crippen LogP contribution in [-0.2, 0) is 6.54 Å². The average Bonchev–Trinajstić information content (AvgIpc) is 3.27. The topological polar surface area (TPSA) is 69.6 Å². The molecule has 5 nitrogen and oxygen atoms in total. The fourth-order valence-corrected chi connectivity index (χ4v) is 3.11. The molecular formula is C14H16FN5. The van der Waals surface area contributed by atoms with Gasteiger partial charge in [-0.3, -0.25) is 0 Å². The minimum Gasteiger partial charge on any atom is -0.399 e. The number of hydrogen-bond donors (Lipinski definition) is 1. The summed E-state index contributed by atoms with van der Waals surface area (Å²) in [6.45, 7) is 0.830. The Balaban J connectivity index is 1.67. The molecule has 2 saturated carbocycles. The van der Waals surface area contributed by atoms with Crippen molar-refractivity contribution in [3.63, 3.8) is 0 Å². The first-order chi connectivity index (χ1) is 9.66. The number of nitrogen functional groups attached to an aromatic ring is 1. The molecule has 2 aromatic rings. The minimum absolute atomic E-state index is 0.363. The van der Waals surface area contributed by atoms with Crippen molar-refractivity contribution in [1.29, 1.82) is 0 Å². The van der Waals surface area contributed by atoms with Gasteiger partial charge in [-0.05, 0) is 65.6 Å². The Hall–Kier alpha value is -1.98. The maximum atomic E-state index is 13.5. The molecule has 1 aromatic heterocycles. The van der Waals surface area contributed by atoms with Gasteiger partial charge < -0.3 is 5.73 Å². The van der Waals surface area contributed by atoms with Gasteiger partial charge in [0.05, 0.1) is 6.54 Å². The summed E-state index contributed by atoms with van der Waals surface area (Å²) in [5, 5.41) is 11.9. The van der Waals surface area contributed by atoms with Crippen molar-refractivity contribution in [2.75, 3.05) is 5.73 Å². The largest absolute Gasteiger partial charge is 0.399 e. The molecule has 4 rings (SSSR count). The molecule has 0 unspecified atom stereocenters. The second-order valence-corrected chi connectivity index (χ2v) is 6.07. The van der Waals surface area contributed by atoms with Crippen molar-refractivity contribution in [3.8, 4) is 11.4 Å². The van der Waals surface area contributed by atoms with Gasteiger partial charge in [0.1, 0.15) is 5.82 Å². The van der Waals surface area contributed by atoms with Gasteiger partial charge in [-0.2, -0.15) is 0 Å². The molecule has 6 heteroatoms. The number of rotatable bonds is 4. The first-order valence-electron chi connectivity index (χ1n) is 6.99. The predicted octanol–water partition coefficient (Wildman–Crippen LogP) is 2.25. The zero-order valence-electron chi connectivity index (χ0n) is 11.1. The lowest BCUT2D eigenvalue weighted by Crippen LogP contribution is -2.16. The first kappa shape index (κ1) is 11.8. The van der Waals surface area contributed by atoms with Crippen LogP contribution in [0.4, 0.5) is 10.1 Å². The molecule has 0 amide bonds. The molecule has 1 heterocycles. The number of hydrogen-bond acceptors (Lipinski definition) is 4. The molecule has 0 saturated heterocycles. The van der Waals surface area contributed by atoms with Crippen LogP contribution in [0.5, 0.6) is 0 Å². The molecule has 2 aliphatic carbocycles. The number of nitrogens with two attached hydrogens (primary N) is 1. The third kappa shape index (κ3) is 1.95. The quantitative estimate of drug-likeness (QED) is 0.867. The minimum atomic E-state index is -0.363. The van der Waals surface area contributed by atoms with Gasteiger partial charge >= 0.3 is 0 Å². The van der Waals surface area contributed by atoms with E-state index in [-0.39, 0.29) is 5.82 Å². The van der Waals surface area contributed by atoms with E-state index in [1.807, 2.05) is 0 Å². The highest BCUT2D eigenvalue weighted by Gasteiger charge is 2.54. The molecule has 104 valence electrons. The Kier molecular flexibility index (Phi) is 2.37. The molecule has 2 N–H and O–H groups in total. The van der Waals surface area contributed by atoms with Crippen LogP contribution in [0.2, 0.25) is 0 Å². The van der Waals surface area contributed by atoms with Crippen LogP contribution in [0, 0.1) is 17.2 Å². The highest BCUT2D eigenvalue weighted by molar-refractivity contribution is 5.61. The van der Waals surface area contributed by atoms with Gasteiger partial charge in [0, 0.05) is 11.3 Å². The maximum absolute atomic E-state index is 13.5. The van der Waals surface area contributed by atoms with E-state index in [1.165, 1.54) is 37.8 Å². The Morgan fingerprint density at radius 1 is 1.30 bits per heavy atom. The third-order valence-corrected chi connectivity index (χ3v) is 4.51. The highest BCUT2D eigenvalue weighted by atomic mass is 19.1. The summed E-state index contributed by atoms with van der Waals surface area (Å²) >= 11 is 0. The van der Waals surface area contributed by atoms with E-state index in [0.717, 1.165) is 12.5 Å². The fraction of sp³-hybridized carbons (Fsp3) is 0.500. The summed E-state index contributed by atoms with van der Waals surface area (Å²) in [5.41, 5.74) is 7.11. The molecule has 0 aliphatic heterocycles. The molecular weight excluding hydrogens is 257 g/mol. The number of tetrazole rings is 1. The third-order valence-electron chi connectivity index (χ3n) is 4.51. The lowest BCUT2D eigenvalue weighted by atomic mass is 10.0. The number of nitrogens with zero attached hydrogens (tertiary/aromatic N) is 4. The monoisotopic (exact) mass is 273 g/mol. The van der Waals surface area contributed by atoms with Crippen molar-refractivity contribution in [3.05, 3.63) is 24.0 Å². The van der Waals surface area contributed by atoms with Gasteiger partial charge in [0.15, 0.2) is 5.82 Å². The molecule has 0 atom stereocenters. The van der Waals surface area contributed by atoms with Crippen LogP contribution >= 0.6 is 0 Å². The van der Waals surface area contributed by atoms with E-state index in [2.05, 4.69) is 15.5 Å². The van der Waals surface area contributed by atoms with Crippen molar-refractivity contribution >= 4 is 5.69 Å². The molecule has 0 spiro atoms. The van der Waals surface area contributed by atoms with Crippen LogP contribution in [0.1, 0.15) is 25.7 Å².